The summed E-state index contributed by atoms with van der Waals surface area (Å²) in [6, 6.07) is 2.66. The third-order valence-electron chi connectivity index (χ3n) is 6.14. The van der Waals surface area contributed by atoms with Crippen molar-refractivity contribution in [2.75, 3.05) is 12.4 Å². The van der Waals surface area contributed by atoms with Gasteiger partial charge in [-0.15, -0.1) is 0 Å². The van der Waals surface area contributed by atoms with E-state index in [9.17, 15) is 23.8 Å². The Hall–Kier alpha value is -3.18. The molecule has 1 amide bonds. The Kier molecular flexibility index (Phi) is 4.59. The Morgan fingerprint density at radius 1 is 1.26 bits per heavy atom. The summed E-state index contributed by atoms with van der Waals surface area (Å²) in [6.07, 6.45) is 0.354. The first-order valence-corrected chi connectivity index (χ1v) is 9.86. The number of amides is 1. The van der Waals surface area contributed by atoms with Crippen LogP contribution in [0.3, 0.4) is 0 Å². The number of fused-ring (bicyclic) bond motifs is 2. The molecule has 0 bridgehead atoms. The van der Waals surface area contributed by atoms with E-state index in [2.05, 4.69) is 25.5 Å². The molecule has 0 unspecified atom stereocenters. The molecular weight excluding hydrogens is 410 g/mol. The van der Waals surface area contributed by atoms with Crippen molar-refractivity contribution in [3.63, 3.8) is 0 Å². The normalized spacial score (nSPS) is 26.7. The molecule has 162 valence electrons. The molecule has 0 aliphatic heterocycles. The highest BCUT2D eigenvalue weighted by molar-refractivity contribution is 6.07. The second-order valence-corrected chi connectivity index (χ2v) is 8.13. The Balaban J connectivity index is 1.43. The van der Waals surface area contributed by atoms with E-state index in [4.69, 9.17) is 0 Å². The fourth-order valence-corrected chi connectivity index (χ4v) is 4.41. The molecule has 9 nitrogen and oxygen atoms in total. The number of carbonyl (C=O) groups is 1. The van der Waals surface area contributed by atoms with Crippen molar-refractivity contribution in [1.82, 2.24) is 25.1 Å². The van der Waals surface area contributed by atoms with Gasteiger partial charge in [-0.3, -0.25) is 9.89 Å². The first-order chi connectivity index (χ1) is 14.8. The summed E-state index contributed by atoms with van der Waals surface area (Å²) < 4.78 is 27.5. The highest BCUT2D eigenvalue weighted by Crippen LogP contribution is 2.52. The number of rotatable bonds is 5. The summed E-state index contributed by atoms with van der Waals surface area (Å²) in [7, 11) is 1.46. The average molecular weight is 430 g/mol. The van der Waals surface area contributed by atoms with Gasteiger partial charge in [-0.05, 0) is 36.5 Å². The zero-order valence-electron chi connectivity index (χ0n) is 16.5. The maximum absolute atomic E-state index is 14.0. The van der Waals surface area contributed by atoms with Gasteiger partial charge in [-0.2, -0.15) is 5.10 Å². The maximum atomic E-state index is 14.0. The minimum absolute atomic E-state index is 0.0390. The lowest BCUT2D eigenvalue weighted by molar-refractivity contribution is 0.0201. The second kappa shape index (κ2) is 7.20. The molecule has 4 N–H and O–H groups in total. The lowest BCUT2D eigenvalue weighted by Gasteiger charge is -2.22. The third kappa shape index (κ3) is 3.29. The average Bonchev–Trinajstić information content (AvgIpc) is 3.36. The van der Waals surface area contributed by atoms with Crippen LogP contribution in [-0.4, -0.2) is 66.5 Å². The number of hydrogen-bond donors (Lipinski definition) is 4. The highest BCUT2D eigenvalue weighted by atomic mass is 19.1. The van der Waals surface area contributed by atoms with Crippen LogP contribution in [0.1, 0.15) is 22.5 Å². The molecule has 0 saturated heterocycles. The summed E-state index contributed by atoms with van der Waals surface area (Å²) in [5.74, 6) is -1.24. The van der Waals surface area contributed by atoms with Gasteiger partial charge in [0.05, 0.1) is 17.5 Å². The lowest BCUT2D eigenvalue weighted by atomic mass is 10.1. The van der Waals surface area contributed by atoms with Gasteiger partial charge in [0.1, 0.15) is 35.6 Å². The van der Waals surface area contributed by atoms with E-state index in [1.165, 1.54) is 18.3 Å². The molecule has 31 heavy (non-hydrogen) atoms. The fourth-order valence-electron chi connectivity index (χ4n) is 4.41. The van der Waals surface area contributed by atoms with Gasteiger partial charge in [0.15, 0.2) is 5.65 Å². The standard InChI is InChI=1S/C20H20F2N6O3/c1-28(6-8-4-9(21)2-3-12(8)22)20(31)15-13-18(23-7-24-19(13)27-26-15)25-14-10-5-11(10)16(29)17(14)30/h2-4,7,10-11,14,16-17,29-30H,5-6H2,1H3,(H2,23,24,25,26,27)/t10-,11+,14+,16+,17-/m0/s1. The fraction of sp³-hybridized carbons (Fsp3) is 0.400. The first-order valence-electron chi connectivity index (χ1n) is 9.86. The Morgan fingerprint density at radius 3 is 2.81 bits per heavy atom. The van der Waals surface area contributed by atoms with Gasteiger partial charge >= 0.3 is 0 Å². The molecule has 0 radical (unpaired) electrons. The van der Waals surface area contributed by atoms with Gasteiger partial charge in [0.25, 0.3) is 5.91 Å². The highest BCUT2D eigenvalue weighted by Gasteiger charge is 2.59. The topological polar surface area (TPSA) is 127 Å². The Morgan fingerprint density at radius 2 is 2.06 bits per heavy atom. The number of anilines is 1. The summed E-state index contributed by atoms with van der Waals surface area (Å²) in [4.78, 5) is 22.6. The molecule has 5 atom stereocenters. The summed E-state index contributed by atoms with van der Waals surface area (Å²) in [5.41, 5.74) is 0.362. The zero-order chi connectivity index (χ0) is 21.9. The number of aromatic nitrogens is 4. The molecule has 1 aromatic carbocycles. The molecule has 0 spiro atoms. The number of halogens is 2. The van der Waals surface area contributed by atoms with Gasteiger partial charge in [-0.25, -0.2) is 18.7 Å². The number of nitrogens with zero attached hydrogens (tertiary/aromatic N) is 4. The molecule has 2 aromatic heterocycles. The minimum atomic E-state index is -0.946. The van der Waals surface area contributed by atoms with Gasteiger partial charge in [0, 0.05) is 19.2 Å². The molecule has 2 heterocycles. The Labute approximate surface area is 175 Å². The number of benzene rings is 1. The molecule has 11 heteroatoms. The van der Waals surface area contributed by atoms with Crippen molar-refractivity contribution in [3.05, 3.63) is 47.4 Å². The van der Waals surface area contributed by atoms with Crippen molar-refractivity contribution >= 4 is 22.8 Å². The van der Waals surface area contributed by atoms with Crippen molar-refractivity contribution < 1.29 is 23.8 Å². The van der Waals surface area contributed by atoms with E-state index in [0.717, 1.165) is 24.6 Å². The quantitative estimate of drug-likeness (QED) is 0.477. The van der Waals surface area contributed by atoms with Crippen LogP contribution in [0.15, 0.2) is 24.5 Å². The van der Waals surface area contributed by atoms with E-state index in [1.807, 2.05) is 0 Å². The molecular formula is C20H20F2N6O3. The van der Waals surface area contributed by atoms with Crippen molar-refractivity contribution in [3.8, 4) is 0 Å². The van der Waals surface area contributed by atoms with Crippen LogP contribution in [0, 0.1) is 23.5 Å². The predicted molar refractivity (Wildman–Crippen MR) is 105 cm³/mol. The molecule has 2 fully saturated rings. The largest absolute Gasteiger partial charge is 0.390 e. The zero-order valence-corrected chi connectivity index (χ0v) is 16.5. The van der Waals surface area contributed by atoms with Gasteiger partial charge in [-0.1, -0.05) is 0 Å². The van der Waals surface area contributed by atoms with E-state index in [-0.39, 0.29) is 35.3 Å². The van der Waals surface area contributed by atoms with Crippen molar-refractivity contribution in [1.29, 1.82) is 0 Å². The third-order valence-corrected chi connectivity index (χ3v) is 6.14. The number of carbonyl (C=O) groups excluding carboxylic acids is 1. The van der Waals surface area contributed by atoms with Crippen LogP contribution in [0.2, 0.25) is 0 Å². The molecule has 3 aromatic rings. The SMILES string of the molecule is CN(Cc1cc(F)ccc1F)C(=O)c1[nH]nc2ncnc(N[C@H]3[C@H](O)[C@H](O)[C@@H]4C[C@@H]43)c12. The van der Waals surface area contributed by atoms with Gasteiger partial charge in [0.2, 0.25) is 0 Å². The second-order valence-electron chi connectivity index (χ2n) is 8.13. The van der Waals surface area contributed by atoms with Crippen molar-refractivity contribution in [2.24, 2.45) is 11.8 Å². The summed E-state index contributed by atoms with van der Waals surface area (Å²) >= 11 is 0. The van der Waals surface area contributed by atoms with Crippen LogP contribution >= 0.6 is 0 Å². The van der Waals surface area contributed by atoms with Crippen LogP contribution in [-0.2, 0) is 6.54 Å². The van der Waals surface area contributed by atoms with E-state index >= 15 is 0 Å². The number of nitrogens with one attached hydrogen (secondary N) is 2. The molecule has 5 rings (SSSR count). The first kappa shape index (κ1) is 19.8. The monoisotopic (exact) mass is 430 g/mol. The van der Waals surface area contributed by atoms with E-state index in [1.54, 1.807) is 0 Å². The Bertz CT molecular complexity index is 1170. The smallest absolute Gasteiger partial charge is 0.272 e. The number of aliphatic hydroxyl groups is 2. The van der Waals surface area contributed by atoms with E-state index < -0.39 is 35.8 Å². The number of H-pyrrole nitrogens is 1. The molecule has 2 saturated carbocycles. The summed E-state index contributed by atoms with van der Waals surface area (Å²) in [5, 5.41) is 30.5. The van der Waals surface area contributed by atoms with Crippen LogP contribution in [0.5, 0.6) is 0 Å². The summed E-state index contributed by atoms with van der Waals surface area (Å²) in [6.45, 7) is -0.156. The van der Waals surface area contributed by atoms with Crippen LogP contribution in [0.4, 0.5) is 14.6 Å². The lowest BCUT2D eigenvalue weighted by Crippen LogP contribution is -2.38. The van der Waals surface area contributed by atoms with E-state index in [0.29, 0.717) is 11.2 Å². The van der Waals surface area contributed by atoms with Crippen molar-refractivity contribution in [2.45, 2.75) is 31.2 Å². The minimum Gasteiger partial charge on any atom is -0.390 e. The predicted octanol–water partition coefficient (Wildman–Crippen LogP) is 1.06. The number of aromatic amines is 1. The van der Waals surface area contributed by atoms with Gasteiger partial charge < -0.3 is 20.4 Å². The molecule has 2 aliphatic rings. The number of aliphatic hydroxyl groups excluding tert-OH is 2. The maximum Gasteiger partial charge on any atom is 0.272 e. The number of hydrogen-bond acceptors (Lipinski definition) is 7. The molecule has 2 aliphatic carbocycles. The van der Waals surface area contributed by atoms with Crippen LogP contribution in [0.25, 0.3) is 11.0 Å². The van der Waals surface area contributed by atoms with Crippen LogP contribution < -0.4 is 5.32 Å².